The lowest BCUT2D eigenvalue weighted by atomic mass is 10.1. The number of rotatable bonds is 20. The molecule has 0 N–H and O–H groups in total. The van der Waals surface area contributed by atoms with Crippen molar-refractivity contribution in [2.45, 2.75) is 111 Å². The van der Waals surface area contributed by atoms with E-state index in [9.17, 15) is 4.57 Å². The molecule has 0 aromatic rings. The van der Waals surface area contributed by atoms with E-state index < -0.39 is 14.2 Å². The fourth-order valence-electron chi connectivity index (χ4n) is 3.65. The van der Waals surface area contributed by atoms with Crippen molar-refractivity contribution >= 4 is 7.82 Å². The molecule has 0 aromatic heterocycles. The van der Waals surface area contributed by atoms with E-state index in [1.807, 2.05) is 6.20 Å². The second kappa shape index (κ2) is 17.1. The Bertz CT molecular complexity index is 480. The van der Waals surface area contributed by atoms with Gasteiger partial charge in [0.2, 0.25) is 6.35 Å². The highest BCUT2D eigenvalue weighted by molar-refractivity contribution is 7.48. The molecule has 1 aliphatic heterocycles. The summed E-state index contributed by atoms with van der Waals surface area (Å²) in [6, 6.07) is 0. The molecular formula is C23H47N2O4P. The van der Waals surface area contributed by atoms with Crippen molar-refractivity contribution < 1.29 is 18.1 Å². The lowest BCUT2D eigenvalue weighted by molar-refractivity contribution is -0.0544. The monoisotopic (exact) mass is 446 g/mol. The molecule has 1 unspecified atom stereocenters. The van der Waals surface area contributed by atoms with Crippen LogP contribution in [0.2, 0.25) is 0 Å². The quantitative estimate of drug-likeness (QED) is 0.145. The van der Waals surface area contributed by atoms with E-state index in [1.165, 1.54) is 57.8 Å². The summed E-state index contributed by atoms with van der Waals surface area (Å²) in [6.45, 7) is 10.4. The molecule has 0 radical (unpaired) electrons. The zero-order chi connectivity index (χ0) is 22.1. The third-order valence-electron chi connectivity index (χ3n) is 5.35. The van der Waals surface area contributed by atoms with E-state index in [2.05, 4.69) is 29.8 Å². The molecule has 1 rings (SSSR count). The third kappa shape index (κ3) is 11.2. The molecule has 0 amide bonds. The predicted molar refractivity (Wildman–Crippen MR) is 125 cm³/mol. The summed E-state index contributed by atoms with van der Waals surface area (Å²) in [4.78, 5) is 4.23. The molecule has 1 atom stereocenters. The van der Waals surface area contributed by atoms with Crippen LogP contribution in [-0.4, -0.2) is 42.5 Å². The van der Waals surface area contributed by atoms with Crippen LogP contribution in [0.4, 0.5) is 0 Å². The van der Waals surface area contributed by atoms with Crippen LogP contribution in [0.15, 0.2) is 12.4 Å². The van der Waals surface area contributed by atoms with E-state index in [0.717, 1.165) is 32.4 Å². The Hall–Kier alpha value is -0.550. The molecule has 30 heavy (non-hydrogen) atoms. The highest BCUT2D eigenvalue weighted by atomic mass is 31.2. The van der Waals surface area contributed by atoms with E-state index >= 15 is 0 Å². The number of hydrogen-bond donors (Lipinski definition) is 0. The van der Waals surface area contributed by atoms with Gasteiger partial charge < -0.3 is 9.80 Å². The summed E-state index contributed by atoms with van der Waals surface area (Å²) >= 11 is 0. The molecule has 0 bridgehead atoms. The van der Waals surface area contributed by atoms with Crippen molar-refractivity contribution in [1.82, 2.24) is 9.80 Å². The topological polar surface area (TPSA) is 51.2 Å². The van der Waals surface area contributed by atoms with Gasteiger partial charge in [0.15, 0.2) is 0 Å². The average molecular weight is 447 g/mol. The number of hydrogen-bond acceptors (Lipinski definition) is 6. The standard InChI is InChI=1S/C23H47N2O4P/c1-5-9-11-12-13-14-15-16-17-18-20-25-22-21-24(19-10-6-2)23(25)29-30(26,27-7-3)28-8-4/h21-23H,5-20H2,1-4H3. The van der Waals surface area contributed by atoms with Gasteiger partial charge in [0.1, 0.15) is 0 Å². The minimum Gasteiger partial charge on any atom is -0.334 e. The lowest BCUT2D eigenvalue weighted by Crippen LogP contribution is -2.41. The largest absolute Gasteiger partial charge is 0.478 e. The fourth-order valence-corrected chi connectivity index (χ4v) is 4.95. The molecule has 1 heterocycles. The van der Waals surface area contributed by atoms with Gasteiger partial charge >= 0.3 is 7.82 Å². The van der Waals surface area contributed by atoms with Crippen molar-refractivity contribution in [2.24, 2.45) is 0 Å². The van der Waals surface area contributed by atoms with E-state index in [1.54, 1.807) is 13.8 Å². The summed E-state index contributed by atoms with van der Waals surface area (Å²) in [5.74, 6) is 0. The Morgan fingerprint density at radius 1 is 0.667 bits per heavy atom. The lowest BCUT2D eigenvalue weighted by Gasteiger charge is -2.34. The molecule has 0 spiro atoms. The molecule has 0 aliphatic carbocycles. The zero-order valence-corrected chi connectivity index (χ0v) is 20.9. The van der Waals surface area contributed by atoms with Gasteiger partial charge in [-0.05, 0) is 26.7 Å². The second-order valence-electron chi connectivity index (χ2n) is 8.02. The maximum atomic E-state index is 12.9. The summed E-state index contributed by atoms with van der Waals surface area (Å²) < 4.78 is 29.6. The van der Waals surface area contributed by atoms with Crippen molar-refractivity contribution in [3.05, 3.63) is 12.4 Å². The van der Waals surface area contributed by atoms with E-state index in [0.29, 0.717) is 13.2 Å². The SMILES string of the molecule is CCCCCCCCCCCCN1C=CN(CCCC)C1OP(=O)(OCC)OCC. The van der Waals surface area contributed by atoms with Gasteiger partial charge in [0, 0.05) is 25.5 Å². The molecule has 6 nitrogen and oxygen atoms in total. The summed E-state index contributed by atoms with van der Waals surface area (Å²) in [6.07, 6.45) is 19.0. The highest BCUT2D eigenvalue weighted by Crippen LogP contribution is 2.51. The summed E-state index contributed by atoms with van der Waals surface area (Å²) in [5.41, 5.74) is 0. The van der Waals surface area contributed by atoms with Crippen LogP contribution in [0.5, 0.6) is 0 Å². The normalized spacial score (nSPS) is 16.7. The van der Waals surface area contributed by atoms with Gasteiger partial charge in [-0.15, -0.1) is 0 Å². The Balaban J connectivity index is 2.42. The molecule has 0 aromatic carbocycles. The van der Waals surface area contributed by atoms with Crippen molar-refractivity contribution in [3.8, 4) is 0 Å². The third-order valence-corrected chi connectivity index (χ3v) is 6.95. The van der Waals surface area contributed by atoms with E-state index in [4.69, 9.17) is 13.6 Å². The summed E-state index contributed by atoms with van der Waals surface area (Å²) in [5, 5.41) is 0. The van der Waals surface area contributed by atoms with E-state index in [-0.39, 0.29) is 0 Å². The molecule has 0 saturated carbocycles. The molecule has 178 valence electrons. The highest BCUT2D eigenvalue weighted by Gasteiger charge is 2.36. The maximum absolute atomic E-state index is 12.9. The van der Waals surface area contributed by atoms with Crippen LogP contribution in [-0.2, 0) is 18.1 Å². The minimum atomic E-state index is -3.56. The molecule has 1 aliphatic rings. The van der Waals surface area contributed by atoms with Crippen molar-refractivity contribution in [2.75, 3.05) is 26.3 Å². The first-order chi connectivity index (χ1) is 14.6. The first-order valence-corrected chi connectivity index (χ1v) is 13.8. The average Bonchev–Trinajstić information content (AvgIpc) is 3.09. The summed E-state index contributed by atoms with van der Waals surface area (Å²) in [7, 11) is -3.56. The Kier molecular flexibility index (Phi) is 15.6. The predicted octanol–water partition coefficient (Wildman–Crippen LogP) is 7.28. The maximum Gasteiger partial charge on any atom is 0.478 e. The van der Waals surface area contributed by atoms with Crippen LogP contribution >= 0.6 is 7.82 Å². The van der Waals surface area contributed by atoms with Gasteiger partial charge in [-0.1, -0.05) is 78.1 Å². The number of nitrogens with zero attached hydrogens (tertiary/aromatic N) is 2. The molecule has 0 saturated heterocycles. The van der Waals surface area contributed by atoms with Crippen LogP contribution < -0.4 is 0 Å². The second-order valence-corrected chi connectivity index (χ2v) is 9.65. The molecule has 7 heteroatoms. The number of unbranched alkanes of at least 4 members (excludes halogenated alkanes) is 10. The van der Waals surface area contributed by atoms with Gasteiger partial charge in [-0.3, -0.25) is 9.05 Å². The van der Waals surface area contributed by atoms with Gasteiger partial charge in [0.25, 0.3) is 0 Å². The smallest absolute Gasteiger partial charge is 0.334 e. The fraction of sp³-hybridized carbons (Fsp3) is 0.913. The van der Waals surface area contributed by atoms with Crippen molar-refractivity contribution in [1.29, 1.82) is 0 Å². The van der Waals surface area contributed by atoms with Crippen LogP contribution in [0.1, 0.15) is 105 Å². The van der Waals surface area contributed by atoms with Gasteiger partial charge in [-0.25, -0.2) is 9.09 Å². The van der Waals surface area contributed by atoms with Crippen LogP contribution in [0, 0.1) is 0 Å². The van der Waals surface area contributed by atoms with Crippen molar-refractivity contribution in [3.63, 3.8) is 0 Å². The zero-order valence-electron chi connectivity index (χ0n) is 20.0. The van der Waals surface area contributed by atoms with Gasteiger partial charge in [-0.2, -0.15) is 0 Å². The number of phosphoric acid groups is 1. The number of phosphoric ester groups is 1. The van der Waals surface area contributed by atoms with Gasteiger partial charge in [0.05, 0.1) is 13.2 Å². The van der Waals surface area contributed by atoms with Crippen LogP contribution in [0.3, 0.4) is 0 Å². The first-order valence-electron chi connectivity index (χ1n) is 12.4. The first kappa shape index (κ1) is 27.5. The molecular weight excluding hydrogens is 399 g/mol. The molecule has 0 fully saturated rings. The Morgan fingerprint density at radius 3 is 1.57 bits per heavy atom. The van der Waals surface area contributed by atoms with Crippen LogP contribution in [0.25, 0.3) is 0 Å². The Morgan fingerprint density at radius 2 is 1.10 bits per heavy atom. The minimum absolute atomic E-state index is 0.296. The Labute approximate surface area is 185 Å².